The molecule has 0 saturated heterocycles. The first-order chi connectivity index (χ1) is 10.1. The van der Waals surface area contributed by atoms with Crippen molar-refractivity contribution in [1.82, 2.24) is 14.9 Å². The van der Waals surface area contributed by atoms with Gasteiger partial charge in [-0.3, -0.25) is 9.78 Å². The van der Waals surface area contributed by atoms with Gasteiger partial charge in [0, 0.05) is 25.4 Å². The van der Waals surface area contributed by atoms with Crippen molar-refractivity contribution in [3.05, 3.63) is 45.7 Å². The van der Waals surface area contributed by atoms with E-state index in [1.165, 1.54) is 11.3 Å². The zero-order valence-electron chi connectivity index (χ0n) is 11.0. The number of primary amides is 2. The number of amides is 3. The van der Waals surface area contributed by atoms with Crippen LogP contribution in [0.1, 0.15) is 32.0 Å². The molecule has 1 atom stereocenters. The number of carbonyl (C=O) groups is 2. The predicted molar refractivity (Wildman–Crippen MR) is 76.7 cm³/mol. The average molecular weight is 303 g/mol. The Hall–Kier alpha value is -2.48. The molecule has 0 radical (unpaired) electrons. The molecule has 1 aliphatic heterocycles. The fourth-order valence-electron chi connectivity index (χ4n) is 2.47. The lowest BCUT2D eigenvalue weighted by atomic mass is 9.99. The van der Waals surface area contributed by atoms with Gasteiger partial charge in [-0.15, -0.1) is 11.3 Å². The van der Waals surface area contributed by atoms with E-state index < -0.39 is 11.9 Å². The molecule has 3 heterocycles. The Bertz CT molecular complexity index is 700. The Kier molecular flexibility index (Phi) is 3.30. The third kappa shape index (κ3) is 2.33. The Morgan fingerprint density at radius 3 is 2.81 bits per heavy atom. The van der Waals surface area contributed by atoms with Crippen molar-refractivity contribution in [3.63, 3.8) is 0 Å². The van der Waals surface area contributed by atoms with E-state index >= 15 is 0 Å². The van der Waals surface area contributed by atoms with Crippen molar-refractivity contribution in [1.29, 1.82) is 0 Å². The molecule has 2 aromatic heterocycles. The SMILES string of the molecule is NC(=O)c1nc2c(s1)C(c1cccnc1)N(C(N)=O)CC2. The van der Waals surface area contributed by atoms with Crippen LogP contribution in [0.5, 0.6) is 0 Å². The number of nitrogens with zero attached hydrogens (tertiary/aromatic N) is 3. The maximum absolute atomic E-state index is 11.7. The van der Waals surface area contributed by atoms with Crippen LogP contribution in [0, 0.1) is 0 Å². The number of aromatic nitrogens is 2. The van der Waals surface area contributed by atoms with Crippen molar-refractivity contribution in [2.45, 2.75) is 12.5 Å². The van der Waals surface area contributed by atoms with Crippen LogP contribution in [-0.2, 0) is 6.42 Å². The lowest BCUT2D eigenvalue weighted by Gasteiger charge is -2.33. The van der Waals surface area contributed by atoms with Crippen molar-refractivity contribution in [2.75, 3.05) is 6.54 Å². The normalized spacial score (nSPS) is 17.3. The topological polar surface area (TPSA) is 115 Å². The predicted octanol–water partition coefficient (Wildman–Crippen LogP) is 0.663. The molecule has 3 rings (SSSR count). The Labute approximate surface area is 124 Å². The van der Waals surface area contributed by atoms with E-state index in [-0.39, 0.29) is 11.0 Å². The molecule has 3 amide bonds. The molecule has 0 fully saturated rings. The molecule has 0 aromatic carbocycles. The van der Waals surface area contributed by atoms with E-state index in [1.807, 2.05) is 6.07 Å². The van der Waals surface area contributed by atoms with E-state index in [9.17, 15) is 9.59 Å². The standard InChI is InChI=1S/C13H13N5O2S/c14-11(19)12-17-8-3-5-18(13(15)20)9(10(8)21-12)7-2-1-4-16-6-7/h1-2,4,6,9H,3,5H2,(H2,14,19)(H2,15,20). The van der Waals surface area contributed by atoms with Crippen LogP contribution in [0.3, 0.4) is 0 Å². The molecule has 8 heteroatoms. The second-order valence-corrected chi connectivity index (χ2v) is 5.70. The van der Waals surface area contributed by atoms with E-state index in [0.29, 0.717) is 13.0 Å². The van der Waals surface area contributed by atoms with Gasteiger partial charge >= 0.3 is 6.03 Å². The van der Waals surface area contributed by atoms with E-state index in [2.05, 4.69) is 9.97 Å². The van der Waals surface area contributed by atoms with E-state index in [4.69, 9.17) is 11.5 Å². The summed E-state index contributed by atoms with van der Waals surface area (Å²) in [7, 11) is 0. The first-order valence-electron chi connectivity index (χ1n) is 6.33. The molecule has 2 aromatic rings. The quantitative estimate of drug-likeness (QED) is 0.848. The van der Waals surface area contributed by atoms with Crippen LogP contribution in [0.15, 0.2) is 24.5 Å². The Balaban J connectivity index is 2.13. The second kappa shape index (κ2) is 5.13. The summed E-state index contributed by atoms with van der Waals surface area (Å²) in [5.41, 5.74) is 12.4. The summed E-state index contributed by atoms with van der Waals surface area (Å²) >= 11 is 1.20. The van der Waals surface area contributed by atoms with Gasteiger partial charge < -0.3 is 16.4 Å². The molecular weight excluding hydrogens is 290 g/mol. The highest BCUT2D eigenvalue weighted by molar-refractivity contribution is 7.13. The van der Waals surface area contributed by atoms with Crippen molar-refractivity contribution in [2.24, 2.45) is 11.5 Å². The van der Waals surface area contributed by atoms with Gasteiger partial charge in [0.2, 0.25) is 0 Å². The summed E-state index contributed by atoms with van der Waals surface area (Å²) in [6.45, 7) is 0.448. The summed E-state index contributed by atoms with van der Waals surface area (Å²) in [6, 6.07) is 2.78. The largest absolute Gasteiger partial charge is 0.364 e. The molecule has 4 N–H and O–H groups in total. The van der Waals surface area contributed by atoms with Gasteiger partial charge in [0.05, 0.1) is 16.6 Å². The molecular formula is C13H13N5O2S. The van der Waals surface area contributed by atoms with Crippen LogP contribution in [0.2, 0.25) is 0 Å². The molecule has 1 unspecified atom stereocenters. The number of thiazole rings is 1. The van der Waals surface area contributed by atoms with Crippen LogP contribution in [-0.4, -0.2) is 33.4 Å². The number of fused-ring (bicyclic) bond motifs is 1. The van der Waals surface area contributed by atoms with Crippen LogP contribution < -0.4 is 11.5 Å². The number of carbonyl (C=O) groups excluding carboxylic acids is 2. The van der Waals surface area contributed by atoms with Gasteiger partial charge in [-0.1, -0.05) is 6.07 Å². The van der Waals surface area contributed by atoms with E-state index in [1.54, 1.807) is 23.4 Å². The fraction of sp³-hybridized carbons (Fsp3) is 0.231. The summed E-state index contributed by atoms with van der Waals surface area (Å²) in [4.78, 5) is 33.8. The third-order valence-electron chi connectivity index (χ3n) is 3.37. The van der Waals surface area contributed by atoms with Gasteiger partial charge in [0.15, 0.2) is 5.01 Å². The minimum absolute atomic E-state index is 0.250. The molecule has 21 heavy (non-hydrogen) atoms. The number of hydrogen-bond acceptors (Lipinski definition) is 5. The van der Waals surface area contributed by atoms with Gasteiger partial charge in [-0.25, -0.2) is 9.78 Å². The molecule has 1 aliphatic rings. The Morgan fingerprint density at radius 1 is 1.38 bits per heavy atom. The lowest BCUT2D eigenvalue weighted by Crippen LogP contribution is -2.43. The minimum atomic E-state index is -0.565. The molecule has 0 saturated carbocycles. The maximum atomic E-state index is 11.7. The van der Waals surface area contributed by atoms with Crippen molar-refractivity contribution in [3.8, 4) is 0 Å². The maximum Gasteiger partial charge on any atom is 0.315 e. The van der Waals surface area contributed by atoms with Gasteiger partial charge in [0.1, 0.15) is 0 Å². The van der Waals surface area contributed by atoms with Crippen LogP contribution in [0.25, 0.3) is 0 Å². The number of pyridine rings is 1. The minimum Gasteiger partial charge on any atom is -0.364 e. The zero-order chi connectivity index (χ0) is 15.0. The number of urea groups is 1. The highest BCUT2D eigenvalue weighted by atomic mass is 32.1. The smallest absolute Gasteiger partial charge is 0.315 e. The first-order valence-corrected chi connectivity index (χ1v) is 7.15. The summed E-state index contributed by atoms with van der Waals surface area (Å²) < 4.78 is 0. The summed E-state index contributed by atoms with van der Waals surface area (Å²) in [5.74, 6) is -0.565. The molecule has 0 spiro atoms. The second-order valence-electron chi connectivity index (χ2n) is 4.66. The highest BCUT2D eigenvalue weighted by Gasteiger charge is 2.34. The number of rotatable bonds is 2. The number of hydrogen-bond donors (Lipinski definition) is 2. The lowest BCUT2D eigenvalue weighted by molar-refractivity contribution is 0.0999. The van der Waals surface area contributed by atoms with Gasteiger partial charge in [0.25, 0.3) is 5.91 Å². The molecule has 0 bridgehead atoms. The van der Waals surface area contributed by atoms with Crippen molar-refractivity contribution >= 4 is 23.3 Å². The van der Waals surface area contributed by atoms with Crippen LogP contribution in [0.4, 0.5) is 4.79 Å². The first kappa shape index (κ1) is 13.5. The summed E-state index contributed by atoms with van der Waals surface area (Å²) in [6.07, 6.45) is 3.89. The fourth-order valence-corrected chi connectivity index (χ4v) is 3.57. The van der Waals surface area contributed by atoms with Crippen molar-refractivity contribution < 1.29 is 9.59 Å². The Morgan fingerprint density at radius 2 is 2.19 bits per heavy atom. The highest BCUT2D eigenvalue weighted by Crippen LogP contribution is 2.38. The third-order valence-corrected chi connectivity index (χ3v) is 4.54. The van der Waals surface area contributed by atoms with Crippen LogP contribution >= 0.6 is 11.3 Å². The number of nitrogens with two attached hydrogens (primary N) is 2. The van der Waals surface area contributed by atoms with Gasteiger partial charge in [-0.05, 0) is 11.6 Å². The molecule has 0 aliphatic carbocycles. The monoisotopic (exact) mass is 303 g/mol. The van der Waals surface area contributed by atoms with Gasteiger partial charge in [-0.2, -0.15) is 0 Å². The summed E-state index contributed by atoms with van der Waals surface area (Å²) in [5, 5.41) is 0.250. The molecule has 7 nitrogen and oxygen atoms in total. The zero-order valence-corrected chi connectivity index (χ0v) is 11.8. The molecule has 108 valence electrons. The average Bonchev–Trinajstić information content (AvgIpc) is 2.91. The van der Waals surface area contributed by atoms with E-state index in [0.717, 1.165) is 16.1 Å².